The van der Waals surface area contributed by atoms with E-state index in [1.54, 1.807) is 17.9 Å². The van der Waals surface area contributed by atoms with Gasteiger partial charge in [0.1, 0.15) is 6.04 Å². The molecule has 2 aromatic carbocycles. The van der Waals surface area contributed by atoms with Crippen molar-refractivity contribution in [1.82, 2.24) is 15.5 Å². The molecule has 2 heterocycles. The minimum atomic E-state index is -4.25. The molecule has 0 radical (unpaired) electrons. The highest BCUT2D eigenvalue weighted by atomic mass is 35.5. The van der Waals surface area contributed by atoms with Crippen molar-refractivity contribution in [3.05, 3.63) is 58.1 Å². The number of piperazine rings is 1. The molecule has 2 aliphatic rings. The normalized spacial score (nSPS) is 19.7. The Morgan fingerprint density at radius 2 is 1.88 bits per heavy atom. The SMILES string of the molecule is C[C@@H]1CN(c2cc(Cl)ccc2NC(=O)c2ccc(CNC(=O)[C@@H]3CCC(=O)N3)c(F)c2F)CCN1CCC(F)(F)F. The van der Waals surface area contributed by atoms with Gasteiger partial charge in [0.25, 0.3) is 5.91 Å². The smallest absolute Gasteiger partial charge is 0.367 e. The number of amides is 3. The largest absolute Gasteiger partial charge is 0.390 e. The van der Waals surface area contributed by atoms with Crippen molar-refractivity contribution in [3.8, 4) is 0 Å². The third-order valence-electron chi connectivity index (χ3n) is 7.17. The Morgan fingerprint density at radius 1 is 1.12 bits per heavy atom. The average Bonchev–Trinajstić information content (AvgIpc) is 3.35. The van der Waals surface area contributed by atoms with E-state index in [0.29, 0.717) is 36.8 Å². The number of carbonyl (C=O) groups excluding carboxylic acids is 3. The second-order valence-electron chi connectivity index (χ2n) is 10.1. The first-order valence-corrected chi connectivity index (χ1v) is 13.4. The molecule has 8 nitrogen and oxygen atoms in total. The van der Waals surface area contributed by atoms with Crippen LogP contribution in [-0.2, 0) is 16.1 Å². The Hall–Kier alpha value is -3.45. The van der Waals surface area contributed by atoms with Gasteiger partial charge in [0.05, 0.1) is 23.4 Å². The summed E-state index contributed by atoms with van der Waals surface area (Å²) in [5, 5.41) is 7.87. The van der Waals surface area contributed by atoms with E-state index in [-0.39, 0.29) is 42.7 Å². The molecule has 0 aromatic heterocycles. The Balaban J connectivity index is 1.43. The first kappa shape index (κ1) is 30.5. The van der Waals surface area contributed by atoms with E-state index in [4.69, 9.17) is 11.6 Å². The van der Waals surface area contributed by atoms with Crippen LogP contribution < -0.4 is 20.9 Å². The lowest BCUT2D eigenvalue weighted by Gasteiger charge is -2.41. The van der Waals surface area contributed by atoms with Gasteiger partial charge < -0.3 is 20.9 Å². The zero-order chi connectivity index (χ0) is 29.9. The third-order valence-corrected chi connectivity index (χ3v) is 7.40. The summed E-state index contributed by atoms with van der Waals surface area (Å²) in [5.41, 5.74) is 0.0191. The lowest BCUT2D eigenvalue weighted by atomic mass is 10.1. The van der Waals surface area contributed by atoms with Crippen LogP contribution in [0.15, 0.2) is 30.3 Å². The first-order valence-electron chi connectivity index (χ1n) is 13.0. The lowest BCUT2D eigenvalue weighted by molar-refractivity contribution is -0.139. The maximum atomic E-state index is 14.9. The van der Waals surface area contributed by atoms with Crippen molar-refractivity contribution in [1.29, 1.82) is 0 Å². The fourth-order valence-electron chi connectivity index (χ4n) is 4.90. The number of hydrogen-bond acceptors (Lipinski definition) is 5. The van der Waals surface area contributed by atoms with Crippen molar-refractivity contribution in [3.63, 3.8) is 0 Å². The molecule has 0 aliphatic carbocycles. The van der Waals surface area contributed by atoms with Crippen molar-refractivity contribution in [2.24, 2.45) is 0 Å². The van der Waals surface area contributed by atoms with Gasteiger partial charge in [-0.25, -0.2) is 8.78 Å². The van der Waals surface area contributed by atoms with Crippen molar-refractivity contribution >= 4 is 40.7 Å². The second-order valence-corrected chi connectivity index (χ2v) is 10.5. The molecule has 2 aliphatic heterocycles. The summed E-state index contributed by atoms with van der Waals surface area (Å²) in [6.07, 6.45) is -4.66. The monoisotopic (exact) mass is 601 g/mol. The molecule has 0 spiro atoms. The fraction of sp³-hybridized carbons (Fsp3) is 0.444. The van der Waals surface area contributed by atoms with Gasteiger partial charge >= 0.3 is 6.18 Å². The second kappa shape index (κ2) is 12.6. The number of carbonyl (C=O) groups is 3. The van der Waals surface area contributed by atoms with Crippen LogP contribution in [0.3, 0.4) is 0 Å². The molecule has 2 saturated heterocycles. The summed E-state index contributed by atoms with van der Waals surface area (Å²) in [5.74, 6) is -4.41. The molecule has 0 unspecified atom stereocenters. The van der Waals surface area contributed by atoms with E-state index in [0.717, 1.165) is 6.07 Å². The van der Waals surface area contributed by atoms with Crippen molar-refractivity contribution in [2.75, 3.05) is 36.4 Å². The molecule has 2 atom stereocenters. The fourth-order valence-corrected chi connectivity index (χ4v) is 5.06. The Labute approximate surface area is 238 Å². The number of anilines is 2. The van der Waals surface area contributed by atoms with Gasteiger partial charge in [-0.15, -0.1) is 0 Å². The highest BCUT2D eigenvalue weighted by Crippen LogP contribution is 2.32. The van der Waals surface area contributed by atoms with Crippen molar-refractivity contribution in [2.45, 2.75) is 51.0 Å². The maximum absolute atomic E-state index is 14.9. The van der Waals surface area contributed by atoms with E-state index in [2.05, 4.69) is 16.0 Å². The first-order chi connectivity index (χ1) is 19.3. The molecule has 3 amide bonds. The molecular weight excluding hydrogens is 573 g/mol. The molecule has 222 valence electrons. The van der Waals surface area contributed by atoms with Gasteiger partial charge in [0.2, 0.25) is 11.8 Å². The third kappa shape index (κ3) is 7.64. The van der Waals surface area contributed by atoms with Crippen LogP contribution in [0, 0.1) is 11.6 Å². The standard InChI is InChI=1S/C27H29ClF5N5O3/c1-15-14-38(11-10-37(15)9-8-27(31,32)33)21-12-17(28)3-5-19(21)36-25(40)18-4-2-16(23(29)24(18)30)13-34-26(41)20-6-7-22(39)35-20/h2-5,12,15,20H,6-11,13-14H2,1H3,(H,34,41)(H,35,39)(H,36,40)/t15-,20+/m1/s1. The van der Waals surface area contributed by atoms with E-state index in [1.165, 1.54) is 18.2 Å². The van der Waals surface area contributed by atoms with Crippen LogP contribution in [-0.4, -0.2) is 67.1 Å². The molecule has 4 rings (SSSR count). The van der Waals surface area contributed by atoms with Crippen LogP contribution in [0.4, 0.5) is 33.3 Å². The predicted octanol–water partition coefficient (Wildman–Crippen LogP) is 4.23. The number of benzene rings is 2. The Bertz CT molecular complexity index is 1320. The molecule has 3 N–H and O–H groups in total. The quantitative estimate of drug-likeness (QED) is 0.394. The van der Waals surface area contributed by atoms with Gasteiger partial charge in [-0.2, -0.15) is 13.2 Å². The molecule has 14 heteroatoms. The summed E-state index contributed by atoms with van der Waals surface area (Å²) in [4.78, 5) is 40.0. The van der Waals surface area contributed by atoms with Crippen LogP contribution in [0.5, 0.6) is 0 Å². The van der Waals surface area contributed by atoms with Crippen LogP contribution in [0.2, 0.25) is 5.02 Å². The molecular formula is C27H29ClF5N5O3. The Morgan fingerprint density at radius 3 is 2.54 bits per heavy atom. The molecule has 2 fully saturated rings. The lowest BCUT2D eigenvalue weighted by Crippen LogP contribution is -2.52. The van der Waals surface area contributed by atoms with Crippen LogP contribution in [0.25, 0.3) is 0 Å². The number of halogens is 6. The topological polar surface area (TPSA) is 93.8 Å². The van der Waals surface area contributed by atoms with Crippen LogP contribution in [0.1, 0.15) is 42.1 Å². The van der Waals surface area contributed by atoms with Crippen LogP contribution >= 0.6 is 11.6 Å². The summed E-state index contributed by atoms with van der Waals surface area (Å²) in [6, 6.07) is 5.94. The van der Waals surface area contributed by atoms with Crippen molar-refractivity contribution < 1.29 is 36.3 Å². The number of hydrogen-bond donors (Lipinski definition) is 3. The van der Waals surface area contributed by atoms with E-state index in [1.807, 2.05) is 4.90 Å². The van der Waals surface area contributed by atoms with E-state index < -0.39 is 47.7 Å². The summed E-state index contributed by atoms with van der Waals surface area (Å²) in [6.45, 7) is 2.40. The maximum Gasteiger partial charge on any atom is 0.390 e. The van der Waals surface area contributed by atoms with Gasteiger partial charge in [0.15, 0.2) is 11.6 Å². The molecule has 2 aromatic rings. The number of nitrogens with zero attached hydrogens (tertiary/aromatic N) is 2. The minimum Gasteiger partial charge on any atom is -0.367 e. The van der Waals surface area contributed by atoms with Gasteiger partial charge in [-0.1, -0.05) is 17.7 Å². The summed E-state index contributed by atoms with van der Waals surface area (Å²) >= 11 is 6.18. The Kier molecular flexibility index (Phi) is 9.37. The number of nitrogens with one attached hydrogen (secondary N) is 3. The summed E-state index contributed by atoms with van der Waals surface area (Å²) < 4.78 is 67.8. The molecule has 0 bridgehead atoms. The van der Waals surface area contributed by atoms with E-state index in [9.17, 15) is 36.3 Å². The van der Waals surface area contributed by atoms with Gasteiger partial charge in [0, 0.05) is 55.8 Å². The highest BCUT2D eigenvalue weighted by Gasteiger charge is 2.32. The highest BCUT2D eigenvalue weighted by molar-refractivity contribution is 6.31. The zero-order valence-electron chi connectivity index (χ0n) is 22.1. The van der Waals surface area contributed by atoms with Gasteiger partial charge in [-0.05, 0) is 37.6 Å². The van der Waals surface area contributed by atoms with E-state index >= 15 is 0 Å². The van der Waals surface area contributed by atoms with Gasteiger partial charge in [-0.3, -0.25) is 19.3 Å². The predicted molar refractivity (Wildman–Crippen MR) is 143 cm³/mol. The summed E-state index contributed by atoms with van der Waals surface area (Å²) in [7, 11) is 0. The molecule has 0 saturated carbocycles. The molecule has 41 heavy (non-hydrogen) atoms. The minimum absolute atomic E-state index is 0.126. The number of rotatable bonds is 8. The zero-order valence-corrected chi connectivity index (χ0v) is 22.8. The average molecular weight is 602 g/mol. The number of alkyl halides is 3.